The first-order chi connectivity index (χ1) is 25.4. The Morgan fingerprint density at radius 2 is 0.788 bits per heavy atom. The molecule has 0 aliphatic carbocycles. The van der Waals surface area contributed by atoms with Crippen LogP contribution in [-0.4, -0.2) is 48.8 Å². The number of para-hydroxylation sites is 2. The van der Waals surface area contributed by atoms with Crippen molar-refractivity contribution < 1.29 is 0 Å². The Labute approximate surface area is 309 Å². The molecule has 0 aliphatic rings. The molecule has 2 nitrogen and oxygen atoms in total. The van der Waals surface area contributed by atoms with Crippen molar-refractivity contribution in [3.05, 3.63) is 152 Å². The van der Waals surface area contributed by atoms with Crippen LogP contribution in [0.2, 0.25) is 0 Å². The van der Waals surface area contributed by atoms with Crippen LogP contribution in [0.3, 0.4) is 0 Å². The minimum atomic E-state index is 0.958. The van der Waals surface area contributed by atoms with Gasteiger partial charge >= 0.3 is 0 Å². The lowest BCUT2D eigenvalue weighted by molar-refractivity contribution is 1.12. The highest BCUT2D eigenvalue weighted by atomic mass is 15.1. The van der Waals surface area contributed by atoms with Crippen molar-refractivity contribution in [1.82, 2.24) is 9.55 Å². The van der Waals surface area contributed by atoms with Gasteiger partial charge in [0.1, 0.15) is 45.1 Å². The summed E-state index contributed by atoms with van der Waals surface area (Å²) in [4.78, 5) is 5.33. The van der Waals surface area contributed by atoms with E-state index in [1.165, 1.54) is 87.9 Å². The maximum absolute atomic E-state index is 5.33. The van der Waals surface area contributed by atoms with Crippen molar-refractivity contribution in [3.8, 4) is 50.5 Å². The van der Waals surface area contributed by atoms with Crippen molar-refractivity contribution in [1.29, 1.82) is 0 Å². The van der Waals surface area contributed by atoms with E-state index in [2.05, 4.69) is 195 Å². The average Bonchev–Trinajstić information content (AvgIpc) is 3.58. The molecular formula is C45H35B5N2. The van der Waals surface area contributed by atoms with Crippen LogP contribution in [0.15, 0.2) is 152 Å². The summed E-state index contributed by atoms with van der Waals surface area (Å²) in [6.45, 7) is 0. The van der Waals surface area contributed by atoms with E-state index in [1.807, 2.05) is 0 Å². The summed E-state index contributed by atoms with van der Waals surface area (Å²) in [5, 5.41) is 4.97. The molecule has 0 bridgehead atoms. The van der Waals surface area contributed by atoms with E-state index in [4.69, 9.17) is 4.98 Å². The number of rotatable bonds is 5. The predicted molar refractivity (Wildman–Crippen MR) is 239 cm³/mol. The highest BCUT2D eigenvalue weighted by molar-refractivity contribution is 6.68. The molecule has 0 amide bonds. The fraction of sp³-hybridized carbons (Fsp3) is 0. The second-order valence-corrected chi connectivity index (χ2v) is 14.1. The highest BCUT2D eigenvalue weighted by Gasteiger charge is 2.22. The Bertz CT molecular complexity index is 2770. The van der Waals surface area contributed by atoms with Crippen LogP contribution in [-0.2, 0) is 0 Å². The Kier molecular flexibility index (Phi) is 7.81. The molecule has 7 heteroatoms. The lowest BCUT2D eigenvalue weighted by Gasteiger charge is -2.23. The van der Waals surface area contributed by atoms with Gasteiger partial charge in [-0.05, 0) is 79.2 Å². The SMILES string of the molecule is Bc1c(B)c(B)c(-n2c(-c3cccc(-c4c5ccccc5c(-c5cccc(-c6ccccc6)c5)c5ccccc45)c3)nc3ccccc32)c(B)c1B. The fourth-order valence-corrected chi connectivity index (χ4v) is 8.31. The number of hydrogen-bond donors (Lipinski definition) is 0. The van der Waals surface area contributed by atoms with Crippen LogP contribution in [0.4, 0.5) is 0 Å². The van der Waals surface area contributed by atoms with Gasteiger partial charge in [0.2, 0.25) is 0 Å². The fourth-order valence-electron chi connectivity index (χ4n) is 8.31. The minimum Gasteiger partial charge on any atom is -0.294 e. The Morgan fingerprint density at radius 1 is 0.365 bits per heavy atom. The molecule has 1 heterocycles. The van der Waals surface area contributed by atoms with Gasteiger partial charge in [-0.25, -0.2) is 4.98 Å². The topological polar surface area (TPSA) is 17.8 Å². The maximum atomic E-state index is 5.33. The smallest absolute Gasteiger partial charge is 0.145 e. The van der Waals surface area contributed by atoms with Gasteiger partial charge in [0.05, 0.1) is 11.0 Å². The predicted octanol–water partition coefficient (Wildman–Crippen LogP) is 3.29. The van der Waals surface area contributed by atoms with Gasteiger partial charge in [-0.3, -0.25) is 4.57 Å². The number of fused-ring (bicyclic) bond motifs is 3. The largest absolute Gasteiger partial charge is 0.294 e. The summed E-state index contributed by atoms with van der Waals surface area (Å²) in [7, 11) is 11.3. The van der Waals surface area contributed by atoms with Crippen molar-refractivity contribution in [2.75, 3.05) is 0 Å². The molecule has 52 heavy (non-hydrogen) atoms. The number of nitrogens with zero attached hydrogens (tertiary/aromatic N) is 2. The van der Waals surface area contributed by atoms with Gasteiger partial charge in [0.25, 0.3) is 0 Å². The van der Waals surface area contributed by atoms with Crippen LogP contribution in [0.25, 0.3) is 83.0 Å². The first-order valence-electron chi connectivity index (χ1n) is 18.2. The number of hydrogen-bond acceptors (Lipinski definition) is 1. The lowest BCUT2D eigenvalue weighted by Crippen LogP contribution is -2.56. The molecule has 0 saturated heterocycles. The second-order valence-electron chi connectivity index (χ2n) is 14.1. The molecule has 0 fully saturated rings. The van der Waals surface area contributed by atoms with Crippen LogP contribution < -0.4 is 27.3 Å². The van der Waals surface area contributed by atoms with Gasteiger partial charge in [-0.15, -0.1) is 5.46 Å². The van der Waals surface area contributed by atoms with Crippen molar-refractivity contribution >= 4 is 99.1 Å². The van der Waals surface area contributed by atoms with E-state index < -0.39 is 0 Å². The zero-order valence-corrected chi connectivity index (χ0v) is 30.3. The molecule has 0 aliphatic heterocycles. The van der Waals surface area contributed by atoms with Gasteiger partial charge in [-0.2, -0.15) is 0 Å². The molecule has 0 N–H and O–H groups in total. The van der Waals surface area contributed by atoms with Crippen molar-refractivity contribution in [3.63, 3.8) is 0 Å². The molecule has 0 spiro atoms. The summed E-state index contributed by atoms with van der Waals surface area (Å²) in [5.74, 6) is 0.958. The van der Waals surface area contributed by atoms with Crippen molar-refractivity contribution in [2.45, 2.75) is 0 Å². The zero-order chi connectivity index (χ0) is 35.5. The summed E-state index contributed by atoms with van der Waals surface area (Å²) in [6.07, 6.45) is 0. The van der Waals surface area contributed by atoms with Crippen molar-refractivity contribution in [2.24, 2.45) is 0 Å². The Hall–Kier alpha value is -5.93. The standard InChI is InChI=1S/C45H35B5N2/c46-39-40(47)42(49)44(43(50)41(39)48)52-36-23-9-8-22-35(36)51-45(52)30-17-11-16-29(25-30)38-33-20-6-4-18-31(33)37(32-19-5-7-21-34(32)38)28-15-10-14-27(24-28)26-12-2-1-3-13-26/h1-25H,46-50H2. The van der Waals surface area contributed by atoms with Gasteiger partial charge < -0.3 is 0 Å². The molecule has 0 atom stereocenters. The Balaban J connectivity index is 1.29. The summed E-state index contributed by atoms with van der Waals surface area (Å²) in [6, 6.07) is 55.0. The van der Waals surface area contributed by atoms with E-state index in [0.29, 0.717) is 0 Å². The molecule has 0 unspecified atom stereocenters. The second kappa shape index (κ2) is 12.7. The van der Waals surface area contributed by atoms with E-state index in [0.717, 1.165) is 22.4 Å². The van der Waals surface area contributed by atoms with Crippen LogP contribution in [0, 0.1) is 0 Å². The quantitative estimate of drug-likeness (QED) is 0.205. The summed E-state index contributed by atoms with van der Waals surface area (Å²) >= 11 is 0. The lowest BCUT2D eigenvalue weighted by atomic mass is 9.61. The summed E-state index contributed by atoms with van der Waals surface area (Å²) in [5.41, 5.74) is 18.4. The molecule has 240 valence electrons. The van der Waals surface area contributed by atoms with E-state index in [9.17, 15) is 0 Å². The van der Waals surface area contributed by atoms with Gasteiger partial charge in [0.15, 0.2) is 0 Å². The van der Waals surface area contributed by atoms with E-state index in [-0.39, 0.29) is 0 Å². The molecule has 9 aromatic rings. The van der Waals surface area contributed by atoms with Crippen LogP contribution in [0.1, 0.15) is 0 Å². The third kappa shape index (κ3) is 5.06. The zero-order valence-electron chi connectivity index (χ0n) is 30.3. The molecule has 0 radical (unpaired) electrons. The highest BCUT2D eigenvalue weighted by Crippen LogP contribution is 2.44. The van der Waals surface area contributed by atoms with E-state index in [1.54, 1.807) is 0 Å². The monoisotopic (exact) mass is 658 g/mol. The molecule has 9 rings (SSSR count). The minimum absolute atomic E-state index is 0.958. The molecule has 8 aromatic carbocycles. The first-order valence-corrected chi connectivity index (χ1v) is 18.2. The number of benzene rings is 8. The van der Waals surface area contributed by atoms with Crippen LogP contribution >= 0.6 is 0 Å². The number of aromatic nitrogens is 2. The van der Waals surface area contributed by atoms with E-state index >= 15 is 0 Å². The first kappa shape index (κ1) is 32.0. The number of imidazole rings is 1. The third-order valence-electron chi connectivity index (χ3n) is 11.3. The molecule has 0 saturated carbocycles. The van der Waals surface area contributed by atoms with Gasteiger partial charge in [-0.1, -0.05) is 149 Å². The molecule has 1 aromatic heterocycles. The maximum Gasteiger partial charge on any atom is 0.145 e. The average molecular weight is 658 g/mol. The third-order valence-corrected chi connectivity index (χ3v) is 11.3. The van der Waals surface area contributed by atoms with Crippen LogP contribution in [0.5, 0.6) is 0 Å². The molecular weight excluding hydrogens is 623 g/mol. The van der Waals surface area contributed by atoms with Gasteiger partial charge in [0, 0.05) is 11.3 Å². The Morgan fingerprint density at radius 3 is 1.37 bits per heavy atom. The normalized spacial score (nSPS) is 11.5. The summed E-state index contributed by atoms with van der Waals surface area (Å²) < 4.78 is 2.40.